The molecule has 2 aliphatic carbocycles. The minimum absolute atomic E-state index is 0.884. The SMILES string of the molecule is CCC1CC2(CCC2)C1CC. The third-order valence-electron chi connectivity index (χ3n) is 4.34. The van der Waals surface area contributed by atoms with Crippen LogP contribution in [0.5, 0.6) is 0 Å². The van der Waals surface area contributed by atoms with Gasteiger partial charge in [0.25, 0.3) is 0 Å². The molecule has 1 spiro atoms. The highest BCUT2D eigenvalue weighted by molar-refractivity contribution is 5.04. The maximum atomic E-state index is 2.38. The van der Waals surface area contributed by atoms with Gasteiger partial charge in [0, 0.05) is 0 Å². The minimum atomic E-state index is 0.884. The van der Waals surface area contributed by atoms with Crippen LogP contribution in [0.15, 0.2) is 0 Å². The highest BCUT2D eigenvalue weighted by Crippen LogP contribution is 2.64. The molecule has 0 nitrogen and oxygen atoms in total. The van der Waals surface area contributed by atoms with E-state index in [9.17, 15) is 0 Å². The van der Waals surface area contributed by atoms with Gasteiger partial charge in [-0.2, -0.15) is 0 Å². The van der Waals surface area contributed by atoms with Gasteiger partial charge >= 0.3 is 0 Å². The van der Waals surface area contributed by atoms with Gasteiger partial charge in [-0.1, -0.05) is 33.1 Å². The van der Waals surface area contributed by atoms with E-state index in [0.717, 1.165) is 17.3 Å². The first-order valence-electron chi connectivity index (χ1n) is 5.32. The zero-order chi connectivity index (χ0) is 7.90. The van der Waals surface area contributed by atoms with Gasteiger partial charge in [-0.05, 0) is 36.5 Å². The van der Waals surface area contributed by atoms with E-state index in [2.05, 4.69) is 13.8 Å². The maximum absolute atomic E-state index is 2.38. The third kappa shape index (κ3) is 0.878. The molecule has 0 N–H and O–H groups in total. The lowest BCUT2D eigenvalue weighted by molar-refractivity contribution is -0.108. The van der Waals surface area contributed by atoms with E-state index in [4.69, 9.17) is 0 Å². The lowest BCUT2D eigenvalue weighted by Gasteiger charge is -2.61. The number of rotatable bonds is 2. The molecule has 2 unspecified atom stereocenters. The van der Waals surface area contributed by atoms with Crippen LogP contribution in [0.3, 0.4) is 0 Å². The highest BCUT2D eigenvalue weighted by atomic mass is 14.6. The van der Waals surface area contributed by atoms with Crippen LogP contribution < -0.4 is 0 Å². The van der Waals surface area contributed by atoms with E-state index >= 15 is 0 Å². The quantitative estimate of drug-likeness (QED) is 0.567. The van der Waals surface area contributed by atoms with Crippen LogP contribution in [0.1, 0.15) is 52.4 Å². The summed E-state index contributed by atoms with van der Waals surface area (Å²) >= 11 is 0. The molecule has 2 atom stereocenters. The van der Waals surface area contributed by atoms with Crippen LogP contribution in [0.4, 0.5) is 0 Å². The van der Waals surface area contributed by atoms with Gasteiger partial charge in [-0.3, -0.25) is 0 Å². The lowest BCUT2D eigenvalue weighted by atomic mass is 9.44. The van der Waals surface area contributed by atoms with Crippen molar-refractivity contribution in [2.24, 2.45) is 17.3 Å². The summed E-state index contributed by atoms with van der Waals surface area (Å²) in [6.45, 7) is 4.74. The fraction of sp³-hybridized carbons (Fsp3) is 1.00. The maximum Gasteiger partial charge on any atom is -0.0264 e. The van der Waals surface area contributed by atoms with Crippen molar-refractivity contribution in [1.29, 1.82) is 0 Å². The molecule has 64 valence electrons. The molecule has 2 aliphatic rings. The summed E-state index contributed by atoms with van der Waals surface area (Å²) in [5.41, 5.74) is 0.884. The normalized spacial score (nSPS) is 39.8. The van der Waals surface area contributed by atoms with Crippen molar-refractivity contribution in [2.75, 3.05) is 0 Å². The highest BCUT2D eigenvalue weighted by Gasteiger charge is 2.54. The molecule has 0 heterocycles. The second-order valence-corrected chi connectivity index (χ2v) is 4.60. The average molecular weight is 152 g/mol. The monoisotopic (exact) mass is 152 g/mol. The van der Waals surface area contributed by atoms with Crippen molar-refractivity contribution >= 4 is 0 Å². The van der Waals surface area contributed by atoms with E-state index in [1.165, 1.54) is 19.3 Å². The van der Waals surface area contributed by atoms with Gasteiger partial charge in [0.05, 0.1) is 0 Å². The summed E-state index contributed by atoms with van der Waals surface area (Å²) in [6, 6.07) is 0. The molecule has 2 fully saturated rings. The Bertz CT molecular complexity index is 144. The average Bonchev–Trinajstić information content (AvgIpc) is 1.84. The van der Waals surface area contributed by atoms with Crippen LogP contribution in [0.25, 0.3) is 0 Å². The number of hydrogen-bond acceptors (Lipinski definition) is 0. The van der Waals surface area contributed by atoms with Crippen molar-refractivity contribution in [3.63, 3.8) is 0 Å². The Hall–Kier alpha value is 0. The molecule has 0 aromatic rings. The van der Waals surface area contributed by atoms with E-state index in [-0.39, 0.29) is 0 Å². The van der Waals surface area contributed by atoms with Gasteiger partial charge in [0.15, 0.2) is 0 Å². The second kappa shape index (κ2) is 2.50. The van der Waals surface area contributed by atoms with Gasteiger partial charge in [-0.25, -0.2) is 0 Å². The molecule has 0 radical (unpaired) electrons. The van der Waals surface area contributed by atoms with Gasteiger partial charge in [-0.15, -0.1) is 0 Å². The van der Waals surface area contributed by atoms with Crippen molar-refractivity contribution in [1.82, 2.24) is 0 Å². The summed E-state index contributed by atoms with van der Waals surface area (Å²) in [7, 11) is 0. The van der Waals surface area contributed by atoms with Crippen LogP contribution in [0.2, 0.25) is 0 Å². The van der Waals surface area contributed by atoms with Gasteiger partial charge in [0.2, 0.25) is 0 Å². The first-order valence-corrected chi connectivity index (χ1v) is 5.32. The Morgan fingerprint density at radius 1 is 1.18 bits per heavy atom. The Labute approximate surface area is 70.4 Å². The fourth-order valence-corrected chi connectivity index (χ4v) is 3.56. The Kier molecular flexibility index (Phi) is 1.74. The van der Waals surface area contributed by atoms with Crippen LogP contribution in [-0.4, -0.2) is 0 Å². The first kappa shape index (κ1) is 7.64. The smallest absolute Gasteiger partial charge is 0.0264 e. The largest absolute Gasteiger partial charge is 0.0651 e. The third-order valence-corrected chi connectivity index (χ3v) is 4.34. The number of hydrogen-bond donors (Lipinski definition) is 0. The van der Waals surface area contributed by atoms with E-state index in [1.54, 1.807) is 19.3 Å². The molecule has 2 saturated carbocycles. The predicted octanol–water partition coefficient (Wildman–Crippen LogP) is 3.61. The van der Waals surface area contributed by atoms with Crippen molar-refractivity contribution in [2.45, 2.75) is 52.4 Å². The standard InChI is InChI=1S/C11H20/c1-3-9-8-11(6-5-7-11)10(9)4-2/h9-10H,3-8H2,1-2H3. The van der Waals surface area contributed by atoms with Gasteiger partial charge in [0.1, 0.15) is 0 Å². The predicted molar refractivity (Wildman–Crippen MR) is 48.5 cm³/mol. The molecule has 0 bridgehead atoms. The van der Waals surface area contributed by atoms with E-state index in [0.29, 0.717) is 0 Å². The summed E-state index contributed by atoms with van der Waals surface area (Å²) in [4.78, 5) is 0. The molecule has 0 heteroatoms. The summed E-state index contributed by atoms with van der Waals surface area (Å²) in [5.74, 6) is 2.21. The van der Waals surface area contributed by atoms with Gasteiger partial charge < -0.3 is 0 Å². The molecular weight excluding hydrogens is 132 g/mol. The van der Waals surface area contributed by atoms with Crippen LogP contribution in [-0.2, 0) is 0 Å². The topological polar surface area (TPSA) is 0 Å². The second-order valence-electron chi connectivity index (χ2n) is 4.60. The summed E-state index contributed by atoms with van der Waals surface area (Å²) in [5, 5.41) is 0. The zero-order valence-electron chi connectivity index (χ0n) is 7.90. The lowest BCUT2D eigenvalue weighted by Crippen LogP contribution is -2.51. The first-order chi connectivity index (χ1) is 5.32. The zero-order valence-corrected chi connectivity index (χ0v) is 7.90. The Morgan fingerprint density at radius 3 is 2.27 bits per heavy atom. The van der Waals surface area contributed by atoms with Crippen LogP contribution in [0, 0.1) is 17.3 Å². The van der Waals surface area contributed by atoms with Crippen molar-refractivity contribution in [3.8, 4) is 0 Å². The fourth-order valence-electron chi connectivity index (χ4n) is 3.56. The van der Waals surface area contributed by atoms with Crippen molar-refractivity contribution < 1.29 is 0 Å². The van der Waals surface area contributed by atoms with Crippen molar-refractivity contribution in [3.05, 3.63) is 0 Å². The summed E-state index contributed by atoms with van der Waals surface area (Å²) < 4.78 is 0. The Balaban J connectivity index is 1.96. The molecular formula is C11H20. The molecule has 0 saturated heterocycles. The Morgan fingerprint density at radius 2 is 1.91 bits per heavy atom. The minimum Gasteiger partial charge on any atom is -0.0651 e. The molecule has 11 heavy (non-hydrogen) atoms. The van der Waals surface area contributed by atoms with E-state index < -0.39 is 0 Å². The molecule has 0 amide bonds. The molecule has 0 aromatic heterocycles. The van der Waals surface area contributed by atoms with E-state index in [1.807, 2.05) is 0 Å². The molecule has 2 rings (SSSR count). The van der Waals surface area contributed by atoms with Crippen LogP contribution >= 0.6 is 0 Å². The molecule has 0 aliphatic heterocycles. The molecule has 0 aromatic carbocycles. The summed E-state index contributed by atoms with van der Waals surface area (Å²) in [6.07, 6.45) is 9.08.